The van der Waals surface area contributed by atoms with Crippen LogP contribution in [-0.4, -0.2) is 26.3 Å². The van der Waals surface area contributed by atoms with Crippen LogP contribution < -0.4 is 5.32 Å². The molecule has 2 N–H and O–H groups in total. The van der Waals surface area contributed by atoms with Gasteiger partial charge in [0.2, 0.25) is 0 Å². The second kappa shape index (κ2) is 5.75. The molecule has 1 unspecified atom stereocenters. The molecule has 22 heavy (non-hydrogen) atoms. The minimum atomic E-state index is -4.36. The SMILES string of the molecule is Cc1[nH]ncc1CNCC1CCc2nc(C(F)(F)F)cn2C1. The number of hydrogen-bond acceptors (Lipinski definition) is 3. The molecule has 0 saturated heterocycles. The van der Waals surface area contributed by atoms with Crippen molar-refractivity contribution in [3.8, 4) is 0 Å². The summed E-state index contributed by atoms with van der Waals surface area (Å²) in [6.07, 6.45) is -0.00968. The number of nitrogens with zero attached hydrogens (tertiary/aromatic N) is 3. The standard InChI is InChI=1S/C14H18F3N5/c1-9-11(6-19-21-9)5-18-4-10-2-3-13-20-12(14(15,16)17)8-22(13)7-10/h6,8,10,18H,2-5,7H2,1H3,(H,19,21). The van der Waals surface area contributed by atoms with Crippen LogP contribution in [0.2, 0.25) is 0 Å². The van der Waals surface area contributed by atoms with E-state index in [2.05, 4.69) is 20.5 Å². The zero-order chi connectivity index (χ0) is 15.7. The van der Waals surface area contributed by atoms with Crippen LogP contribution in [0.3, 0.4) is 0 Å². The fraction of sp³-hybridized carbons (Fsp3) is 0.571. The summed E-state index contributed by atoms with van der Waals surface area (Å²) in [5, 5.41) is 10.2. The fourth-order valence-corrected chi connectivity index (χ4v) is 2.78. The molecule has 5 nitrogen and oxygen atoms in total. The highest BCUT2D eigenvalue weighted by Crippen LogP contribution is 2.30. The molecule has 3 rings (SSSR count). The predicted molar refractivity (Wildman–Crippen MR) is 74.1 cm³/mol. The third kappa shape index (κ3) is 3.16. The Morgan fingerprint density at radius 1 is 1.45 bits per heavy atom. The van der Waals surface area contributed by atoms with Crippen molar-refractivity contribution in [2.75, 3.05) is 6.54 Å². The fourth-order valence-electron chi connectivity index (χ4n) is 2.78. The number of H-pyrrole nitrogens is 1. The average molecular weight is 313 g/mol. The van der Waals surface area contributed by atoms with Crippen LogP contribution in [0, 0.1) is 12.8 Å². The molecule has 0 amide bonds. The van der Waals surface area contributed by atoms with E-state index in [0.717, 1.165) is 30.4 Å². The molecule has 8 heteroatoms. The van der Waals surface area contributed by atoms with Gasteiger partial charge in [-0.05, 0) is 25.8 Å². The molecular formula is C14H18F3N5. The molecule has 2 aromatic rings. The van der Waals surface area contributed by atoms with E-state index in [1.54, 1.807) is 10.8 Å². The Kier molecular flexibility index (Phi) is 3.94. The number of hydrogen-bond donors (Lipinski definition) is 2. The molecule has 2 aromatic heterocycles. The zero-order valence-corrected chi connectivity index (χ0v) is 12.2. The summed E-state index contributed by atoms with van der Waals surface area (Å²) in [5.74, 6) is 0.851. The van der Waals surface area contributed by atoms with Crippen LogP contribution in [0.5, 0.6) is 0 Å². The minimum Gasteiger partial charge on any atom is -0.334 e. The first kappa shape index (κ1) is 15.1. The Labute approximate surface area is 125 Å². The molecule has 0 radical (unpaired) electrons. The number of imidazole rings is 1. The molecule has 1 atom stereocenters. The maximum Gasteiger partial charge on any atom is 0.434 e. The molecule has 0 spiro atoms. The molecule has 0 fully saturated rings. The number of nitrogens with one attached hydrogen (secondary N) is 2. The predicted octanol–water partition coefficient (Wildman–Crippen LogP) is 2.29. The van der Waals surface area contributed by atoms with E-state index in [9.17, 15) is 13.2 Å². The van der Waals surface area contributed by atoms with E-state index in [-0.39, 0.29) is 0 Å². The Hall–Kier alpha value is -1.83. The van der Waals surface area contributed by atoms with E-state index in [0.29, 0.717) is 31.3 Å². The maximum absolute atomic E-state index is 12.7. The molecule has 1 aliphatic rings. The molecule has 0 bridgehead atoms. The molecule has 3 heterocycles. The summed E-state index contributed by atoms with van der Waals surface area (Å²) < 4.78 is 39.7. The topological polar surface area (TPSA) is 58.5 Å². The molecule has 120 valence electrons. The van der Waals surface area contributed by atoms with Crippen molar-refractivity contribution in [3.05, 3.63) is 35.2 Å². The highest BCUT2D eigenvalue weighted by Gasteiger charge is 2.35. The van der Waals surface area contributed by atoms with Crippen molar-refractivity contribution in [2.24, 2.45) is 5.92 Å². The minimum absolute atomic E-state index is 0.315. The summed E-state index contributed by atoms with van der Waals surface area (Å²) in [6, 6.07) is 0. The van der Waals surface area contributed by atoms with E-state index >= 15 is 0 Å². The van der Waals surface area contributed by atoms with E-state index < -0.39 is 11.9 Å². The van der Waals surface area contributed by atoms with E-state index in [4.69, 9.17) is 0 Å². The quantitative estimate of drug-likeness (QED) is 0.910. The first-order valence-corrected chi connectivity index (χ1v) is 7.26. The van der Waals surface area contributed by atoms with Crippen molar-refractivity contribution in [2.45, 2.75) is 39.0 Å². The normalized spacial score (nSPS) is 18.5. The van der Waals surface area contributed by atoms with Gasteiger partial charge in [-0.1, -0.05) is 0 Å². The van der Waals surface area contributed by atoms with Crippen molar-refractivity contribution in [1.82, 2.24) is 25.1 Å². The highest BCUT2D eigenvalue weighted by molar-refractivity contribution is 5.14. The summed E-state index contributed by atoms with van der Waals surface area (Å²) in [5.41, 5.74) is 1.35. The van der Waals surface area contributed by atoms with Crippen molar-refractivity contribution < 1.29 is 13.2 Å². The van der Waals surface area contributed by atoms with Crippen molar-refractivity contribution in [1.29, 1.82) is 0 Å². The van der Waals surface area contributed by atoms with Crippen LogP contribution in [0.1, 0.15) is 29.2 Å². The second-order valence-corrected chi connectivity index (χ2v) is 5.75. The van der Waals surface area contributed by atoms with Gasteiger partial charge in [0.1, 0.15) is 5.82 Å². The van der Waals surface area contributed by atoms with Gasteiger partial charge in [-0.25, -0.2) is 4.98 Å². The van der Waals surface area contributed by atoms with Crippen LogP contribution in [0.25, 0.3) is 0 Å². The van der Waals surface area contributed by atoms with Gasteiger partial charge in [-0.2, -0.15) is 18.3 Å². The Morgan fingerprint density at radius 3 is 2.95 bits per heavy atom. The van der Waals surface area contributed by atoms with E-state index in [1.807, 2.05) is 6.92 Å². The Bertz CT molecular complexity index is 643. The molecule has 0 saturated carbocycles. The monoisotopic (exact) mass is 313 g/mol. The van der Waals surface area contributed by atoms with Crippen LogP contribution in [0.15, 0.2) is 12.4 Å². The van der Waals surface area contributed by atoms with Gasteiger partial charge in [-0.15, -0.1) is 0 Å². The number of fused-ring (bicyclic) bond motifs is 1. The van der Waals surface area contributed by atoms with Gasteiger partial charge >= 0.3 is 6.18 Å². The third-order valence-corrected chi connectivity index (χ3v) is 4.06. The Balaban J connectivity index is 1.55. The van der Waals surface area contributed by atoms with Crippen LogP contribution >= 0.6 is 0 Å². The maximum atomic E-state index is 12.7. The summed E-state index contributed by atoms with van der Waals surface area (Å²) >= 11 is 0. The Morgan fingerprint density at radius 2 is 2.27 bits per heavy atom. The lowest BCUT2D eigenvalue weighted by Gasteiger charge is -2.23. The zero-order valence-electron chi connectivity index (χ0n) is 12.2. The smallest absolute Gasteiger partial charge is 0.334 e. The third-order valence-electron chi connectivity index (χ3n) is 4.06. The van der Waals surface area contributed by atoms with Gasteiger partial charge in [-0.3, -0.25) is 5.10 Å². The molecular weight excluding hydrogens is 295 g/mol. The lowest BCUT2D eigenvalue weighted by Crippen LogP contribution is -2.29. The lowest BCUT2D eigenvalue weighted by molar-refractivity contribution is -0.141. The number of alkyl halides is 3. The average Bonchev–Trinajstić information content (AvgIpc) is 3.04. The first-order chi connectivity index (χ1) is 10.4. The van der Waals surface area contributed by atoms with Gasteiger partial charge in [0, 0.05) is 37.0 Å². The summed E-state index contributed by atoms with van der Waals surface area (Å²) in [4.78, 5) is 3.69. The number of halogens is 3. The van der Waals surface area contributed by atoms with Crippen molar-refractivity contribution in [3.63, 3.8) is 0 Å². The van der Waals surface area contributed by atoms with E-state index in [1.165, 1.54) is 0 Å². The summed E-state index contributed by atoms with van der Waals surface area (Å²) in [6.45, 7) is 4.02. The number of aromatic amines is 1. The second-order valence-electron chi connectivity index (χ2n) is 5.75. The summed E-state index contributed by atoms with van der Waals surface area (Å²) in [7, 11) is 0. The molecule has 0 aliphatic carbocycles. The number of rotatable bonds is 4. The van der Waals surface area contributed by atoms with Crippen LogP contribution in [-0.2, 0) is 25.7 Å². The van der Waals surface area contributed by atoms with Crippen molar-refractivity contribution >= 4 is 0 Å². The first-order valence-electron chi connectivity index (χ1n) is 7.26. The van der Waals surface area contributed by atoms with Gasteiger partial charge < -0.3 is 9.88 Å². The van der Waals surface area contributed by atoms with Gasteiger partial charge in [0.05, 0.1) is 6.20 Å². The molecule has 0 aromatic carbocycles. The van der Waals surface area contributed by atoms with Gasteiger partial charge in [0.15, 0.2) is 5.69 Å². The van der Waals surface area contributed by atoms with Gasteiger partial charge in [0.25, 0.3) is 0 Å². The number of aryl methyl sites for hydroxylation is 2. The number of aromatic nitrogens is 4. The lowest BCUT2D eigenvalue weighted by atomic mass is 9.99. The largest absolute Gasteiger partial charge is 0.434 e. The molecule has 1 aliphatic heterocycles. The highest BCUT2D eigenvalue weighted by atomic mass is 19.4. The van der Waals surface area contributed by atoms with Crippen LogP contribution in [0.4, 0.5) is 13.2 Å².